The van der Waals surface area contributed by atoms with E-state index in [0.717, 1.165) is 5.32 Å². The van der Waals surface area contributed by atoms with E-state index in [4.69, 9.17) is 0 Å². The number of rotatable bonds is 5. The van der Waals surface area contributed by atoms with Crippen LogP contribution in [-0.4, -0.2) is 49.1 Å². The van der Waals surface area contributed by atoms with E-state index in [2.05, 4.69) is 5.32 Å². The predicted molar refractivity (Wildman–Crippen MR) is 110 cm³/mol. The zero-order valence-electron chi connectivity index (χ0n) is 17.8. The second-order valence-electron chi connectivity index (χ2n) is 7.80. The van der Waals surface area contributed by atoms with Crippen molar-refractivity contribution in [3.63, 3.8) is 0 Å². The van der Waals surface area contributed by atoms with E-state index in [1.807, 2.05) is 0 Å². The van der Waals surface area contributed by atoms with Gasteiger partial charge in [0.1, 0.15) is 6.04 Å². The number of anilines is 1. The summed E-state index contributed by atoms with van der Waals surface area (Å²) in [7, 11) is 1.42. The molecule has 0 saturated heterocycles. The van der Waals surface area contributed by atoms with Crippen molar-refractivity contribution in [1.29, 1.82) is 0 Å². The van der Waals surface area contributed by atoms with Gasteiger partial charge in [0.25, 0.3) is 23.4 Å². The maximum absolute atomic E-state index is 15.0. The second-order valence-corrected chi connectivity index (χ2v) is 7.80. The summed E-state index contributed by atoms with van der Waals surface area (Å²) in [6.45, 7) is -1.86. The molecule has 2 aromatic rings. The molecule has 0 aliphatic carbocycles. The minimum Gasteiger partial charge on any atom is -0.346 e. The summed E-state index contributed by atoms with van der Waals surface area (Å²) in [4.78, 5) is 39.0. The Balaban J connectivity index is 1.87. The van der Waals surface area contributed by atoms with E-state index in [1.165, 1.54) is 18.0 Å². The number of hydrogen-bond acceptors (Lipinski definition) is 3. The molecule has 2 atom stereocenters. The molecule has 0 spiro atoms. The summed E-state index contributed by atoms with van der Waals surface area (Å²) in [5.74, 6) is -9.72. The minimum absolute atomic E-state index is 0.275. The van der Waals surface area contributed by atoms with Crippen LogP contribution >= 0.6 is 0 Å². The first kappa shape index (κ1) is 25.1. The summed E-state index contributed by atoms with van der Waals surface area (Å²) < 4.78 is 78.1. The lowest BCUT2D eigenvalue weighted by Crippen LogP contribution is -2.57. The minimum atomic E-state index is -5.98. The molecule has 1 aliphatic heterocycles. The first-order valence-electron chi connectivity index (χ1n) is 9.87. The van der Waals surface area contributed by atoms with Crippen molar-refractivity contribution in [1.82, 2.24) is 10.6 Å². The molecule has 2 aromatic carbocycles. The fraction of sp³-hybridized carbons (Fsp3) is 0.318. The van der Waals surface area contributed by atoms with Gasteiger partial charge >= 0.3 is 12.1 Å². The third kappa shape index (κ3) is 4.44. The van der Waals surface area contributed by atoms with E-state index < -0.39 is 48.1 Å². The maximum Gasteiger partial charge on any atom is 0.455 e. The van der Waals surface area contributed by atoms with Crippen molar-refractivity contribution in [2.24, 2.45) is 0 Å². The van der Waals surface area contributed by atoms with Crippen LogP contribution in [0.1, 0.15) is 18.5 Å². The highest BCUT2D eigenvalue weighted by Crippen LogP contribution is 2.39. The monoisotopic (exact) mass is 487 g/mol. The van der Waals surface area contributed by atoms with Gasteiger partial charge in [0.05, 0.1) is 12.2 Å². The lowest BCUT2D eigenvalue weighted by atomic mass is 9.94. The highest BCUT2D eigenvalue weighted by atomic mass is 19.4. The molecule has 0 bridgehead atoms. The molecule has 1 aliphatic rings. The maximum atomic E-state index is 15.0. The largest absolute Gasteiger partial charge is 0.455 e. The Morgan fingerprint density at radius 1 is 0.912 bits per heavy atom. The molecule has 0 unspecified atom stereocenters. The van der Waals surface area contributed by atoms with E-state index >= 15 is 0 Å². The van der Waals surface area contributed by atoms with Gasteiger partial charge in [-0.15, -0.1) is 0 Å². The van der Waals surface area contributed by atoms with Crippen LogP contribution in [0, 0.1) is 0 Å². The van der Waals surface area contributed by atoms with Crippen molar-refractivity contribution in [3.8, 4) is 11.1 Å². The number of carbonyl (C=O) groups excluding carboxylic acids is 3. The Kier molecular flexibility index (Phi) is 6.38. The average molecular weight is 487 g/mol. The molecule has 3 amide bonds. The lowest BCUT2D eigenvalue weighted by Gasteiger charge is -2.26. The highest BCUT2D eigenvalue weighted by Gasteiger charge is 2.58. The molecule has 12 heteroatoms. The molecule has 1 heterocycles. The summed E-state index contributed by atoms with van der Waals surface area (Å²) in [6.07, 6.45) is -5.98. The lowest BCUT2D eigenvalue weighted by molar-refractivity contribution is -0.278. The van der Waals surface area contributed by atoms with Crippen molar-refractivity contribution in [3.05, 3.63) is 54.1 Å². The summed E-state index contributed by atoms with van der Waals surface area (Å²) in [6, 6.07) is 11.7. The van der Waals surface area contributed by atoms with Crippen molar-refractivity contribution < 1.29 is 40.7 Å². The number of nitrogens with one attached hydrogen (secondary N) is 2. The van der Waals surface area contributed by atoms with Crippen LogP contribution in [0.2, 0.25) is 0 Å². The number of para-hydroxylation sites is 1. The number of benzene rings is 2. The van der Waals surface area contributed by atoms with E-state index in [1.54, 1.807) is 42.5 Å². The Hall–Kier alpha value is -3.57. The van der Waals surface area contributed by atoms with Crippen LogP contribution in [0.5, 0.6) is 0 Å². The van der Waals surface area contributed by atoms with Gasteiger partial charge in [0, 0.05) is 12.6 Å². The number of likely N-dealkylation sites (N-methyl/N-ethyl adjacent to an activating group) is 1. The van der Waals surface area contributed by atoms with Gasteiger partial charge in [-0.25, -0.2) is 4.39 Å². The Bertz CT molecular complexity index is 1130. The Labute approximate surface area is 189 Å². The molecular formula is C22H19F6N3O3. The van der Waals surface area contributed by atoms with Gasteiger partial charge < -0.3 is 15.5 Å². The van der Waals surface area contributed by atoms with Gasteiger partial charge in [-0.2, -0.15) is 22.0 Å². The number of fused-ring (bicyclic) bond motifs is 3. The summed E-state index contributed by atoms with van der Waals surface area (Å²) in [5.41, 5.74) is -1.62. The topological polar surface area (TPSA) is 78.5 Å². The average Bonchev–Trinajstić information content (AvgIpc) is 2.86. The van der Waals surface area contributed by atoms with E-state index in [9.17, 15) is 40.7 Å². The number of carbonyl (C=O) groups is 3. The molecule has 2 N–H and O–H groups in total. The van der Waals surface area contributed by atoms with Crippen LogP contribution in [0.25, 0.3) is 11.1 Å². The Morgan fingerprint density at radius 3 is 2.09 bits per heavy atom. The van der Waals surface area contributed by atoms with Gasteiger partial charge in [0.15, 0.2) is 0 Å². The zero-order valence-corrected chi connectivity index (χ0v) is 17.8. The molecular weight excluding hydrogens is 468 g/mol. The zero-order chi connectivity index (χ0) is 25.5. The van der Waals surface area contributed by atoms with Crippen molar-refractivity contribution in [2.45, 2.75) is 30.7 Å². The van der Waals surface area contributed by atoms with Crippen LogP contribution in [0.15, 0.2) is 48.5 Å². The highest BCUT2D eigenvalue weighted by molar-refractivity contribution is 6.11. The van der Waals surface area contributed by atoms with Gasteiger partial charge in [-0.1, -0.05) is 42.5 Å². The van der Waals surface area contributed by atoms with E-state index in [-0.39, 0.29) is 5.56 Å². The van der Waals surface area contributed by atoms with Crippen molar-refractivity contribution in [2.75, 3.05) is 18.5 Å². The summed E-state index contributed by atoms with van der Waals surface area (Å²) in [5, 5.41) is 3.22. The number of hydrogen-bond donors (Lipinski definition) is 2. The third-order valence-corrected chi connectivity index (χ3v) is 5.42. The second kappa shape index (κ2) is 8.65. The number of halogens is 6. The Morgan fingerprint density at radius 2 is 1.47 bits per heavy atom. The molecule has 182 valence electrons. The number of nitrogens with zero attached hydrogens (tertiary/aromatic N) is 1. The van der Waals surface area contributed by atoms with Crippen LogP contribution in [-0.2, 0) is 14.4 Å². The standard InChI is InChI=1S/C22H19F6N3O3/c1-20(23,18(33)29-11-21(24,25)22(26,27)28)19(34)30-16-14-9-4-3-7-12(14)13-8-5-6-10-15(13)31(2)17(16)32/h3-10,16H,11H2,1-2H3,(H,29,33)(H,30,34)/t16-,20+/m0/s1. The fourth-order valence-electron chi connectivity index (χ4n) is 3.40. The smallest absolute Gasteiger partial charge is 0.346 e. The number of alkyl halides is 6. The van der Waals surface area contributed by atoms with Gasteiger partial charge in [-0.3, -0.25) is 14.4 Å². The molecule has 3 rings (SSSR count). The molecule has 0 aromatic heterocycles. The quantitative estimate of drug-likeness (QED) is 0.501. The normalized spacial score (nSPS) is 17.7. The van der Waals surface area contributed by atoms with Crippen LogP contribution < -0.4 is 15.5 Å². The third-order valence-electron chi connectivity index (χ3n) is 5.42. The van der Waals surface area contributed by atoms with Crippen LogP contribution in [0.3, 0.4) is 0 Å². The number of amides is 3. The van der Waals surface area contributed by atoms with Gasteiger partial charge in [-0.05, 0) is 24.1 Å². The molecule has 0 saturated carbocycles. The molecule has 6 nitrogen and oxygen atoms in total. The molecule has 0 fully saturated rings. The molecule has 34 heavy (non-hydrogen) atoms. The predicted octanol–water partition coefficient (Wildman–Crippen LogP) is 3.53. The molecule has 0 radical (unpaired) electrons. The van der Waals surface area contributed by atoms with Gasteiger partial charge in [0.2, 0.25) is 0 Å². The SMILES string of the molecule is CN1C(=O)[C@@H](NC(=O)[C@](C)(F)C(=O)NCC(F)(F)C(F)(F)F)c2ccccc2-c2ccccc21. The summed E-state index contributed by atoms with van der Waals surface area (Å²) >= 11 is 0. The first-order chi connectivity index (χ1) is 15.7. The first-order valence-corrected chi connectivity index (χ1v) is 9.87. The van der Waals surface area contributed by atoms with E-state index in [0.29, 0.717) is 23.7 Å². The van der Waals surface area contributed by atoms with Crippen LogP contribution in [0.4, 0.5) is 32.0 Å². The fourth-order valence-corrected chi connectivity index (χ4v) is 3.40. The van der Waals surface area contributed by atoms with Crippen molar-refractivity contribution >= 4 is 23.4 Å².